The molecule has 1 aromatic rings. The number of aliphatic carboxylic acids is 1. The summed E-state index contributed by atoms with van der Waals surface area (Å²) in [6.07, 6.45) is 9.28. The van der Waals surface area contributed by atoms with Gasteiger partial charge in [-0.3, -0.25) is 9.69 Å². The van der Waals surface area contributed by atoms with Crippen LogP contribution in [-0.2, 0) is 11.3 Å². The molecule has 4 nitrogen and oxygen atoms in total. The van der Waals surface area contributed by atoms with Crippen molar-refractivity contribution in [3.05, 3.63) is 24.2 Å². The Bertz CT molecular complexity index is 439. The van der Waals surface area contributed by atoms with Crippen molar-refractivity contribution in [2.45, 2.75) is 63.6 Å². The summed E-state index contributed by atoms with van der Waals surface area (Å²) >= 11 is 0. The van der Waals surface area contributed by atoms with Crippen LogP contribution in [0.4, 0.5) is 0 Å². The maximum absolute atomic E-state index is 11.6. The average molecular weight is 277 g/mol. The SMILES string of the molecule is O=C(O)C1CCCCCC1N(Cc1ccco1)C1CC1. The van der Waals surface area contributed by atoms with E-state index in [2.05, 4.69) is 4.90 Å². The van der Waals surface area contributed by atoms with Gasteiger partial charge in [0.1, 0.15) is 5.76 Å². The molecule has 0 saturated heterocycles. The van der Waals surface area contributed by atoms with Crippen LogP contribution >= 0.6 is 0 Å². The van der Waals surface area contributed by atoms with E-state index < -0.39 is 5.97 Å². The van der Waals surface area contributed by atoms with Gasteiger partial charge in [0.25, 0.3) is 0 Å². The maximum atomic E-state index is 11.6. The van der Waals surface area contributed by atoms with Gasteiger partial charge in [0.05, 0.1) is 18.7 Å². The van der Waals surface area contributed by atoms with Crippen molar-refractivity contribution in [1.82, 2.24) is 4.90 Å². The van der Waals surface area contributed by atoms with Crippen LogP contribution in [0.5, 0.6) is 0 Å². The van der Waals surface area contributed by atoms with Gasteiger partial charge in [-0.05, 0) is 37.8 Å². The molecule has 3 rings (SSSR count). The van der Waals surface area contributed by atoms with E-state index in [9.17, 15) is 9.90 Å². The zero-order valence-corrected chi connectivity index (χ0v) is 11.8. The van der Waals surface area contributed by atoms with Gasteiger partial charge in [-0.1, -0.05) is 19.3 Å². The van der Waals surface area contributed by atoms with Gasteiger partial charge in [0, 0.05) is 12.1 Å². The molecule has 1 N–H and O–H groups in total. The Kier molecular flexibility index (Phi) is 4.10. The fourth-order valence-electron chi connectivity index (χ4n) is 3.48. The third-order valence-electron chi connectivity index (χ3n) is 4.66. The zero-order chi connectivity index (χ0) is 13.9. The largest absolute Gasteiger partial charge is 0.481 e. The van der Waals surface area contributed by atoms with E-state index in [4.69, 9.17) is 4.42 Å². The number of hydrogen-bond acceptors (Lipinski definition) is 3. The van der Waals surface area contributed by atoms with Gasteiger partial charge < -0.3 is 9.52 Å². The lowest BCUT2D eigenvalue weighted by atomic mass is 9.93. The number of nitrogens with zero attached hydrogens (tertiary/aromatic N) is 1. The van der Waals surface area contributed by atoms with Crippen LogP contribution in [0.25, 0.3) is 0 Å². The second-order valence-electron chi connectivity index (χ2n) is 6.13. The minimum atomic E-state index is -0.623. The minimum absolute atomic E-state index is 0.174. The summed E-state index contributed by atoms with van der Waals surface area (Å²) in [7, 11) is 0. The van der Waals surface area contributed by atoms with Crippen molar-refractivity contribution >= 4 is 5.97 Å². The van der Waals surface area contributed by atoms with Crippen molar-refractivity contribution in [3.63, 3.8) is 0 Å². The topological polar surface area (TPSA) is 53.7 Å². The summed E-state index contributed by atoms with van der Waals surface area (Å²) in [5, 5.41) is 9.56. The highest BCUT2D eigenvalue weighted by Gasteiger charge is 2.40. The van der Waals surface area contributed by atoms with Gasteiger partial charge >= 0.3 is 5.97 Å². The van der Waals surface area contributed by atoms with Crippen molar-refractivity contribution in [2.24, 2.45) is 5.92 Å². The third kappa shape index (κ3) is 3.06. The predicted molar refractivity (Wildman–Crippen MR) is 75.3 cm³/mol. The molecule has 0 amide bonds. The molecular weight excluding hydrogens is 254 g/mol. The van der Waals surface area contributed by atoms with E-state index in [1.54, 1.807) is 6.26 Å². The molecule has 0 aromatic carbocycles. The summed E-state index contributed by atoms with van der Waals surface area (Å²) in [6, 6.07) is 4.63. The average Bonchev–Trinajstić information content (AvgIpc) is 3.19. The zero-order valence-electron chi connectivity index (χ0n) is 11.8. The van der Waals surface area contributed by atoms with Crippen molar-refractivity contribution in [1.29, 1.82) is 0 Å². The Labute approximate surface area is 119 Å². The van der Waals surface area contributed by atoms with Gasteiger partial charge in [-0.2, -0.15) is 0 Å². The molecule has 1 heterocycles. The van der Waals surface area contributed by atoms with Crippen LogP contribution in [0, 0.1) is 5.92 Å². The standard InChI is InChI=1S/C16H23NO3/c18-16(19)14-6-2-1-3-7-15(14)17(12-8-9-12)11-13-5-4-10-20-13/h4-5,10,12,14-15H,1-3,6-9,11H2,(H,18,19). The summed E-state index contributed by atoms with van der Waals surface area (Å²) < 4.78 is 5.47. The lowest BCUT2D eigenvalue weighted by Crippen LogP contribution is -2.44. The lowest BCUT2D eigenvalue weighted by molar-refractivity contribution is -0.144. The van der Waals surface area contributed by atoms with Gasteiger partial charge in [-0.25, -0.2) is 0 Å². The maximum Gasteiger partial charge on any atom is 0.308 e. The van der Waals surface area contributed by atoms with Crippen LogP contribution in [0.15, 0.2) is 22.8 Å². The second-order valence-corrected chi connectivity index (χ2v) is 6.13. The van der Waals surface area contributed by atoms with Crippen molar-refractivity contribution in [2.75, 3.05) is 0 Å². The molecule has 0 aliphatic heterocycles. The Morgan fingerprint density at radius 3 is 2.70 bits per heavy atom. The normalized spacial score (nSPS) is 27.4. The van der Waals surface area contributed by atoms with E-state index in [-0.39, 0.29) is 12.0 Å². The highest BCUT2D eigenvalue weighted by molar-refractivity contribution is 5.71. The molecular formula is C16H23NO3. The lowest BCUT2D eigenvalue weighted by Gasteiger charge is -2.34. The van der Waals surface area contributed by atoms with Gasteiger partial charge in [0.15, 0.2) is 0 Å². The molecule has 4 heteroatoms. The summed E-state index contributed by atoms with van der Waals surface area (Å²) in [5.74, 6) is 0.111. The van der Waals surface area contributed by atoms with Crippen LogP contribution in [0.1, 0.15) is 50.7 Å². The molecule has 1 aromatic heterocycles. The monoisotopic (exact) mass is 277 g/mol. The summed E-state index contributed by atoms with van der Waals surface area (Å²) in [5.41, 5.74) is 0. The fraction of sp³-hybridized carbons (Fsp3) is 0.688. The number of carbonyl (C=O) groups is 1. The Morgan fingerprint density at radius 1 is 1.25 bits per heavy atom. The molecule has 2 atom stereocenters. The molecule has 2 aliphatic rings. The van der Waals surface area contributed by atoms with Crippen molar-refractivity contribution in [3.8, 4) is 0 Å². The molecule has 2 fully saturated rings. The van der Waals surface area contributed by atoms with E-state index in [0.717, 1.165) is 38.0 Å². The third-order valence-corrected chi connectivity index (χ3v) is 4.66. The summed E-state index contributed by atoms with van der Waals surface area (Å²) in [4.78, 5) is 14.0. The first-order valence-corrected chi connectivity index (χ1v) is 7.76. The Balaban J connectivity index is 1.78. The Morgan fingerprint density at radius 2 is 2.05 bits per heavy atom. The molecule has 0 spiro atoms. The van der Waals surface area contributed by atoms with Crippen LogP contribution in [0.3, 0.4) is 0 Å². The highest BCUT2D eigenvalue weighted by atomic mass is 16.4. The van der Waals surface area contributed by atoms with Gasteiger partial charge in [0.2, 0.25) is 0 Å². The van der Waals surface area contributed by atoms with E-state index in [0.29, 0.717) is 6.04 Å². The van der Waals surface area contributed by atoms with Crippen LogP contribution in [0.2, 0.25) is 0 Å². The quantitative estimate of drug-likeness (QED) is 0.839. The smallest absolute Gasteiger partial charge is 0.308 e. The first-order valence-electron chi connectivity index (χ1n) is 7.76. The van der Waals surface area contributed by atoms with E-state index in [1.807, 2.05) is 12.1 Å². The Hall–Kier alpha value is -1.29. The van der Waals surface area contributed by atoms with Crippen LogP contribution < -0.4 is 0 Å². The van der Waals surface area contributed by atoms with Crippen LogP contribution in [-0.4, -0.2) is 28.1 Å². The van der Waals surface area contributed by atoms with Crippen molar-refractivity contribution < 1.29 is 14.3 Å². The van der Waals surface area contributed by atoms with Gasteiger partial charge in [-0.15, -0.1) is 0 Å². The second kappa shape index (κ2) is 6.00. The minimum Gasteiger partial charge on any atom is -0.481 e. The number of carboxylic acids is 1. The number of carboxylic acid groups (broad SMARTS) is 1. The highest BCUT2D eigenvalue weighted by Crippen LogP contribution is 2.37. The molecule has 0 bridgehead atoms. The molecule has 2 saturated carbocycles. The molecule has 2 unspecified atom stereocenters. The van der Waals surface area contributed by atoms with E-state index >= 15 is 0 Å². The molecule has 0 radical (unpaired) electrons. The molecule has 110 valence electrons. The first-order chi connectivity index (χ1) is 9.75. The number of rotatable bonds is 5. The molecule has 2 aliphatic carbocycles. The number of hydrogen-bond donors (Lipinski definition) is 1. The summed E-state index contributed by atoms with van der Waals surface area (Å²) in [6.45, 7) is 0.756. The first kappa shape index (κ1) is 13.7. The predicted octanol–water partition coefficient (Wildman–Crippen LogP) is 3.28. The number of furan rings is 1. The fourth-order valence-corrected chi connectivity index (χ4v) is 3.48. The van der Waals surface area contributed by atoms with E-state index in [1.165, 1.54) is 19.3 Å². The molecule has 20 heavy (non-hydrogen) atoms.